The first-order chi connectivity index (χ1) is 11.7. The zero-order valence-electron chi connectivity index (χ0n) is 13.3. The lowest BCUT2D eigenvalue weighted by Gasteiger charge is -2.10. The molecule has 0 saturated carbocycles. The largest absolute Gasteiger partial charge is 0.456 e. The topological polar surface area (TPSA) is 133 Å². The quantitative estimate of drug-likeness (QED) is 0.455. The van der Waals surface area contributed by atoms with Crippen LogP contribution in [0.4, 0.5) is 11.4 Å². The van der Waals surface area contributed by atoms with Crippen LogP contribution in [0.3, 0.4) is 0 Å². The van der Waals surface area contributed by atoms with Gasteiger partial charge in [0.05, 0.1) is 17.1 Å². The van der Waals surface area contributed by atoms with Crippen molar-refractivity contribution in [1.82, 2.24) is 0 Å². The Balaban J connectivity index is 1.88. The van der Waals surface area contributed by atoms with Crippen molar-refractivity contribution in [3.05, 3.63) is 45.4 Å². The summed E-state index contributed by atoms with van der Waals surface area (Å²) >= 11 is 0. The minimum atomic E-state index is -3.26. The molecule has 1 unspecified atom stereocenters. The Morgan fingerprint density at radius 1 is 1.40 bits per heavy atom. The molecule has 134 valence electrons. The zero-order chi connectivity index (χ0) is 18.6. The van der Waals surface area contributed by atoms with Gasteiger partial charge in [-0.25, -0.2) is 8.42 Å². The normalized spacial score (nSPS) is 17.9. The average Bonchev–Trinajstić information content (AvgIpc) is 2.85. The van der Waals surface area contributed by atoms with Crippen molar-refractivity contribution in [2.75, 3.05) is 17.7 Å². The number of nitro groups is 1. The molecule has 1 aliphatic rings. The molecule has 1 aromatic rings. The minimum Gasteiger partial charge on any atom is -0.456 e. The third kappa shape index (κ3) is 5.11. The predicted octanol–water partition coefficient (Wildman–Crippen LogP) is 1.33. The number of nitrogens with one attached hydrogen (secondary N) is 1. The summed E-state index contributed by atoms with van der Waals surface area (Å²) in [6.45, 7) is 0.981. The number of amides is 1. The fourth-order valence-corrected chi connectivity index (χ4v) is 3.73. The third-order valence-electron chi connectivity index (χ3n) is 3.51. The Labute approximate surface area is 143 Å². The molecule has 1 heterocycles. The smallest absolute Gasteiger partial charge is 0.306 e. The number of hydrogen-bond acceptors (Lipinski definition) is 7. The summed E-state index contributed by atoms with van der Waals surface area (Å²) in [4.78, 5) is 33.9. The van der Waals surface area contributed by atoms with Gasteiger partial charge in [-0.15, -0.1) is 0 Å². The molecule has 2 rings (SSSR count). The Morgan fingerprint density at radius 2 is 2.12 bits per heavy atom. The number of sulfone groups is 1. The molecule has 0 radical (unpaired) electrons. The van der Waals surface area contributed by atoms with Gasteiger partial charge in [-0.1, -0.05) is 18.2 Å². The monoisotopic (exact) mass is 368 g/mol. The number of carbonyl (C=O) groups excluding carboxylic acids is 2. The summed E-state index contributed by atoms with van der Waals surface area (Å²) in [5, 5.41) is 14.4. The highest BCUT2D eigenvalue weighted by Crippen LogP contribution is 2.27. The summed E-state index contributed by atoms with van der Waals surface area (Å²) in [5.41, 5.74) is 0.273. The molecule has 1 aromatic carbocycles. The van der Waals surface area contributed by atoms with Crippen molar-refractivity contribution >= 4 is 33.1 Å². The van der Waals surface area contributed by atoms with Gasteiger partial charge < -0.3 is 10.1 Å². The highest BCUT2D eigenvalue weighted by molar-refractivity contribution is 7.94. The maximum absolute atomic E-state index is 11.9. The van der Waals surface area contributed by atoms with Crippen molar-refractivity contribution in [2.45, 2.75) is 13.3 Å². The van der Waals surface area contributed by atoms with Crippen molar-refractivity contribution in [2.24, 2.45) is 5.92 Å². The lowest BCUT2D eigenvalue weighted by molar-refractivity contribution is -0.384. The van der Waals surface area contributed by atoms with Crippen LogP contribution in [0.25, 0.3) is 0 Å². The van der Waals surface area contributed by atoms with Crippen LogP contribution in [0.2, 0.25) is 0 Å². The van der Waals surface area contributed by atoms with Crippen molar-refractivity contribution in [3.63, 3.8) is 0 Å². The molecule has 0 bridgehead atoms. The predicted molar refractivity (Wildman–Crippen MR) is 88.5 cm³/mol. The first-order valence-corrected chi connectivity index (χ1v) is 9.00. The molecule has 10 heteroatoms. The first kappa shape index (κ1) is 18.6. The molecule has 1 atom stereocenters. The van der Waals surface area contributed by atoms with E-state index in [1.165, 1.54) is 18.2 Å². The van der Waals surface area contributed by atoms with E-state index < -0.39 is 39.2 Å². The number of aryl methyl sites for hydroxylation is 1. The van der Waals surface area contributed by atoms with Crippen LogP contribution >= 0.6 is 0 Å². The summed E-state index contributed by atoms with van der Waals surface area (Å²) in [6, 6.07) is 4.34. The fraction of sp³-hybridized carbons (Fsp3) is 0.333. The molecule has 0 spiro atoms. The molecule has 1 amide bonds. The van der Waals surface area contributed by atoms with Crippen LogP contribution in [0.1, 0.15) is 12.0 Å². The molecule has 0 saturated heterocycles. The molecule has 0 aliphatic carbocycles. The first-order valence-electron chi connectivity index (χ1n) is 7.28. The van der Waals surface area contributed by atoms with Gasteiger partial charge in [0.25, 0.3) is 11.6 Å². The van der Waals surface area contributed by atoms with E-state index in [-0.39, 0.29) is 23.5 Å². The maximum atomic E-state index is 11.9. The summed E-state index contributed by atoms with van der Waals surface area (Å²) in [5.74, 6) is -2.08. The maximum Gasteiger partial charge on any atom is 0.306 e. The van der Waals surface area contributed by atoms with Crippen molar-refractivity contribution in [1.29, 1.82) is 0 Å². The van der Waals surface area contributed by atoms with Gasteiger partial charge in [0.2, 0.25) is 0 Å². The van der Waals surface area contributed by atoms with Gasteiger partial charge in [-0.3, -0.25) is 19.7 Å². The van der Waals surface area contributed by atoms with E-state index in [1.807, 2.05) is 0 Å². The number of anilines is 1. The summed E-state index contributed by atoms with van der Waals surface area (Å²) in [7, 11) is -3.26. The highest BCUT2D eigenvalue weighted by Gasteiger charge is 2.25. The second kappa shape index (κ2) is 7.43. The molecule has 1 aliphatic heterocycles. The second-order valence-electron chi connectivity index (χ2n) is 5.56. The number of hydrogen-bond donors (Lipinski definition) is 1. The second-order valence-corrected chi connectivity index (χ2v) is 7.49. The van der Waals surface area contributed by atoms with E-state index >= 15 is 0 Å². The Kier molecular flexibility index (Phi) is 5.52. The standard InChI is InChI=1S/C15H16N2O7S/c1-10-3-2-4-12(17(20)21)15(10)16-13(18)8-24-14(19)7-11-5-6-25(22,23)9-11/h2-6,11H,7-9H2,1H3,(H,16,18). The number of esters is 1. The van der Waals surface area contributed by atoms with Crippen LogP contribution in [0.5, 0.6) is 0 Å². The van der Waals surface area contributed by atoms with Crippen LogP contribution in [0.15, 0.2) is 29.7 Å². The zero-order valence-corrected chi connectivity index (χ0v) is 14.1. The average molecular weight is 368 g/mol. The lowest BCUT2D eigenvalue weighted by Crippen LogP contribution is -2.23. The number of carbonyl (C=O) groups is 2. The minimum absolute atomic E-state index is 0.0402. The van der Waals surface area contributed by atoms with Crippen LogP contribution in [-0.4, -0.2) is 37.6 Å². The number of allylic oxidation sites excluding steroid dienone is 1. The van der Waals surface area contributed by atoms with Crippen LogP contribution < -0.4 is 5.32 Å². The number of ether oxygens (including phenoxy) is 1. The van der Waals surface area contributed by atoms with E-state index in [4.69, 9.17) is 4.74 Å². The fourth-order valence-electron chi connectivity index (χ4n) is 2.33. The van der Waals surface area contributed by atoms with Gasteiger partial charge in [-0.05, 0) is 12.5 Å². The Hall–Kier alpha value is -2.75. The Bertz CT molecular complexity index is 845. The lowest BCUT2D eigenvalue weighted by atomic mass is 10.1. The van der Waals surface area contributed by atoms with Gasteiger partial charge in [0.1, 0.15) is 5.69 Å². The molecule has 25 heavy (non-hydrogen) atoms. The van der Waals surface area contributed by atoms with Crippen LogP contribution in [-0.2, 0) is 24.2 Å². The van der Waals surface area contributed by atoms with Gasteiger partial charge in [-0.2, -0.15) is 0 Å². The van der Waals surface area contributed by atoms with Gasteiger partial charge >= 0.3 is 5.97 Å². The summed E-state index contributed by atoms with van der Waals surface area (Å²) in [6.07, 6.45) is 1.25. The summed E-state index contributed by atoms with van der Waals surface area (Å²) < 4.78 is 27.3. The molecule has 0 fully saturated rings. The van der Waals surface area contributed by atoms with E-state index in [2.05, 4.69) is 5.32 Å². The molecular weight excluding hydrogens is 352 g/mol. The Morgan fingerprint density at radius 3 is 2.72 bits per heavy atom. The van der Waals surface area contributed by atoms with Crippen molar-refractivity contribution in [3.8, 4) is 0 Å². The number of nitro benzene ring substituents is 1. The van der Waals surface area contributed by atoms with Crippen molar-refractivity contribution < 1.29 is 27.7 Å². The SMILES string of the molecule is Cc1cccc([N+](=O)[O-])c1NC(=O)COC(=O)CC1C=CS(=O)(=O)C1. The van der Waals surface area contributed by atoms with E-state index in [0.29, 0.717) is 5.56 Å². The molecule has 0 aromatic heterocycles. The number of para-hydroxylation sites is 1. The number of rotatable bonds is 6. The number of benzene rings is 1. The van der Waals surface area contributed by atoms with E-state index in [9.17, 15) is 28.1 Å². The highest BCUT2D eigenvalue weighted by atomic mass is 32.2. The van der Waals surface area contributed by atoms with E-state index in [0.717, 1.165) is 5.41 Å². The van der Waals surface area contributed by atoms with Gasteiger partial charge in [0.15, 0.2) is 16.4 Å². The van der Waals surface area contributed by atoms with Crippen LogP contribution in [0, 0.1) is 23.0 Å². The van der Waals surface area contributed by atoms with E-state index in [1.54, 1.807) is 13.0 Å². The molecular formula is C15H16N2O7S. The van der Waals surface area contributed by atoms with Gasteiger partial charge in [0, 0.05) is 17.4 Å². The number of nitrogens with zero attached hydrogens (tertiary/aromatic N) is 1. The molecule has 9 nitrogen and oxygen atoms in total. The third-order valence-corrected chi connectivity index (χ3v) is 4.97. The molecule has 1 N–H and O–H groups in total.